The predicted octanol–water partition coefficient (Wildman–Crippen LogP) is 3.33. The summed E-state index contributed by atoms with van der Waals surface area (Å²) >= 11 is 3.36. The van der Waals surface area contributed by atoms with Crippen molar-refractivity contribution in [3.05, 3.63) is 45.9 Å². The largest absolute Gasteiger partial charge is 0.493 e. The zero-order valence-corrected chi connectivity index (χ0v) is 16.4. The second-order valence-electron chi connectivity index (χ2n) is 5.79. The first-order valence-electron chi connectivity index (χ1n) is 8.18. The summed E-state index contributed by atoms with van der Waals surface area (Å²) in [5.74, 6) is 0.131. The molecule has 0 aliphatic carbocycles. The number of rotatable bonds is 5. The van der Waals surface area contributed by atoms with Crippen molar-refractivity contribution in [1.82, 2.24) is 0 Å². The Bertz CT molecular complexity index is 865. The molecule has 0 saturated carbocycles. The number of hydrogen-bond acceptors (Lipinski definition) is 6. The fraction of sp³-hybridized carbons (Fsp3) is 0.263. The molecule has 0 bridgehead atoms. The molecule has 0 atom stereocenters. The highest BCUT2D eigenvalue weighted by Gasteiger charge is 2.22. The van der Waals surface area contributed by atoms with Gasteiger partial charge in [0.1, 0.15) is 13.2 Å². The first kappa shape index (κ1) is 19.0. The lowest BCUT2D eigenvalue weighted by Crippen LogP contribution is -2.22. The van der Waals surface area contributed by atoms with Crippen molar-refractivity contribution < 1.29 is 28.5 Å². The summed E-state index contributed by atoms with van der Waals surface area (Å²) in [4.78, 5) is 24.4. The minimum absolute atomic E-state index is 0.212. The lowest BCUT2D eigenvalue weighted by Gasteiger charge is -2.21. The van der Waals surface area contributed by atoms with Crippen molar-refractivity contribution in [2.45, 2.75) is 6.92 Å². The van der Waals surface area contributed by atoms with Crippen LogP contribution in [-0.2, 0) is 9.53 Å². The van der Waals surface area contributed by atoms with Crippen LogP contribution in [0, 0.1) is 6.92 Å². The van der Waals surface area contributed by atoms with Gasteiger partial charge in [0.15, 0.2) is 18.1 Å². The molecule has 0 aromatic heterocycles. The summed E-state index contributed by atoms with van der Waals surface area (Å²) in [6.45, 7) is 2.24. The van der Waals surface area contributed by atoms with Crippen LogP contribution >= 0.6 is 15.9 Å². The van der Waals surface area contributed by atoms with E-state index >= 15 is 0 Å². The quantitative estimate of drug-likeness (QED) is 0.725. The second kappa shape index (κ2) is 8.30. The highest BCUT2D eigenvalue weighted by atomic mass is 79.9. The standard InChI is InChI=1S/C19H18BrNO6/c1-11-7-13(20)3-4-14(11)21-17(22)10-27-19(23)12-8-15(24-2)18-16(9-12)25-5-6-26-18/h3-4,7-9H,5-6,10H2,1-2H3,(H,21,22). The molecule has 27 heavy (non-hydrogen) atoms. The third kappa shape index (κ3) is 4.51. The maximum atomic E-state index is 12.3. The van der Waals surface area contributed by atoms with Gasteiger partial charge in [-0.3, -0.25) is 4.79 Å². The Labute approximate surface area is 164 Å². The molecule has 0 radical (unpaired) electrons. The van der Waals surface area contributed by atoms with E-state index in [0.717, 1.165) is 10.0 Å². The molecule has 1 heterocycles. The molecule has 0 spiro atoms. The van der Waals surface area contributed by atoms with E-state index in [4.69, 9.17) is 18.9 Å². The molecule has 1 aliphatic rings. The summed E-state index contributed by atoms with van der Waals surface area (Å²) in [5.41, 5.74) is 1.75. The van der Waals surface area contributed by atoms with E-state index in [1.54, 1.807) is 6.07 Å². The molecule has 0 saturated heterocycles. The van der Waals surface area contributed by atoms with E-state index in [0.29, 0.717) is 36.1 Å². The number of aryl methyl sites for hydroxylation is 1. The van der Waals surface area contributed by atoms with Crippen LogP contribution in [-0.4, -0.2) is 38.8 Å². The summed E-state index contributed by atoms with van der Waals surface area (Å²) < 4.78 is 22.2. The molecule has 1 aliphatic heterocycles. The smallest absolute Gasteiger partial charge is 0.338 e. The fourth-order valence-electron chi connectivity index (χ4n) is 2.56. The molecular weight excluding hydrogens is 418 g/mol. The predicted molar refractivity (Wildman–Crippen MR) is 102 cm³/mol. The van der Waals surface area contributed by atoms with Crippen LogP contribution in [0.1, 0.15) is 15.9 Å². The Balaban J connectivity index is 1.64. The molecule has 1 amide bonds. The molecular formula is C19H18BrNO6. The number of carbonyl (C=O) groups excluding carboxylic acids is 2. The minimum Gasteiger partial charge on any atom is -0.493 e. The van der Waals surface area contributed by atoms with Crippen LogP contribution in [0.4, 0.5) is 5.69 Å². The van der Waals surface area contributed by atoms with E-state index < -0.39 is 18.5 Å². The molecule has 7 nitrogen and oxygen atoms in total. The number of ether oxygens (including phenoxy) is 4. The number of fused-ring (bicyclic) bond motifs is 1. The molecule has 8 heteroatoms. The van der Waals surface area contributed by atoms with Crippen molar-refractivity contribution >= 4 is 33.5 Å². The lowest BCUT2D eigenvalue weighted by molar-refractivity contribution is -0.119. The van der Waals surface area contributed by atoms with Crippen molar-refractivity contribution in [2.24, 2.45) is 0 Å². The summed E-state index contributed by atoms with van der Waals surface area (Å²) in [7, 11) is 1.47. The average molecular weight is 436 g/mol. The second-order valence-corrected chi connectivity index (χ2v) is 6.70. The van der Waals surface area contributed by atoms with Gasteiger partial charge in [-0.2, -0.15) is 0 Å². The van der Waals surface area contributed by atoms with Gasteiger partial charge in [0, 0.05) is 10.2 Å². The number of esters is 1. The highest BCUT2D eigenvalue weighted by Crippen LogP contribution is 2.40. The number of benzene rings is 2. The van der Waals surface area contributed by atoms with E-state index in [1.807, 2.05) is 19.1 Å². The topological polar surface area (TPSA) is 83.1 Å². The van der Waals surface area contributed by atoms with E-state index in [2.05, 4.69) is 21.2 Å². The van der Waals surface area contributed by atoms with Crippen LogP contribution in [0.5, 0.6) is 17.2 Å². The fourth-order valence-corrected chi connectivity index (χ4v) is 3.03. The van der Waals surface area contributed by atoms with E-state index in [9.17, 15) is 9.59 Å². The van der Waals surface area contributed by atoms with Crippen molar-refractivity contribution in [2.75, 3.05) is 32.2 Å². The first-order chi connectivity index (χ1) is 13.0. The molecule has 2 aromatic rings. The third-order valence-corrected chi connectivity index (χ3v) is 4.35. The molecule has 1 N–H and O–H groups in total. The Morgan fingerprint density at radius 2 is 1.96 bits per heavy atom. The normalized spacial score (nSPS) is 12.3. The van der Waals surface area contributed by atoms with Gasteiger partial charge >= 0.3 is 5.97 Å². The van der Waals surface area contributed by atoms with Crippen molar-refractivity contribution in [3.8, 4) is 17.2 Å². The maximum absolute atomic E-state index is 12.3. The minimum atomic E-state index is -0.659. The van der Waals surface area contributed by atoms with Gasteiger partial charge in [0.25, 0.3) is 5.91 Å². The van der Waals surface area contributed by atoms with Crippen molar-refractivity contribution in [1.29, 1.82) is 0 Å². The summed E-state index contributed by atoms with van der Waals surface area (Å²) in [5, 5.41) is 2.71. The van der Waals surface area contributed by atoms with Gasteiger partial charge < -0.3 is 24.3 Å². The monoisotopic (exact) mass is 435 g/mol. The zero-order chi connectivity index (χ0) is 19.4. The van der Waals surface area contributed by atoms with E-state index in [-0.39, 0.29) is 5.56 Å². The Kier molecular flexibility index (Phi) is 5.85. The molecule has 0 fully saturated rings. The Morgan fingerprint density at radius 1 is 1.19 bits per heavy atom. The van der Waals surface area contributed by atoms with Crippen LogP contribution in [0.2, 0.25) is 0 Å². The molecule has 142 valence electrons. The van der Waals surface area contributed by atoms with Gasteiger partial charge in [-0.25, -0.2) is 4.79 Å². The average Bonchev–Trinajstić information content (AvgIpc) is 2.67. The van der Waals surface area contributed by atoms with Crippen LogP contribution in [0.15, 0.2) is 34.8 Å². The van der Waals surface area contributed by atoms with Crippen LogP contribution in [0.3, 0.4) is 0 Å². The summed E-state index contributed by atoms with van der Waals surface area (Å²) in [6.07, 6.45) is 0. The van der Waals surface area contributed by atoms with Gasteiger partial charge in [-0.05, 0) is 42.8 Å². The number of carbonyl (C=O) groups is 2. The highest BCUT2D eigenvalue weighted by molar-refractivity contribution is 9.10. The van der Waals surface area contributed by atoms with Crippen LogP contribution in [0.25, 0.3) is 0 Å². The zero-order valence-electron chi connectivity index (χ0n) is 14.8. The van der Waals surface area contributed by atoms with Gasteiger partial charge in [-0.15, -0.1) is 0 Å². The number of anilines is 1. The number of nitrogens with one attached hydrogen (secondary N) is 1. The van der Waals surface area contributed by atoms with Crippen LogP contribution < -0.4 is 19.5 Å². The Morgan fingerprint density at radius 3 is 2.70 bits per heavy atom. The molecule has 0 unspecified atom stereocenters. The lowest BCUT2D eigenvalue weighted by atomic mass is 10.1. The van der Waals surface area contributed by atoms with Crippen molar-refractivity contribution in [3.63, 3.8) is 0 Å². The van der Waals surface area contributed by atoms with Gasteiger partial charge in [0.05, 0.1) is 12.7 Å². The number of methoxy groups -OCH3 is 1. The van der Waals surface area contributed by atoms with Gasteiger partial charge in [-0.1, -0.05) is 15.9 Å². The molecule has 2 aromatic carbocycles. The molecule has 3 rings (SSSR count). The number of amides is 1. The first-order valence-corrected chi connectivity index (χ1v) is 8.98. The number of hydrogen-bond donors (Lipinski definition) is 1. The van der Waals surface area contributed by atoms with Gasteiger partial charge in [0.2, 0.25) is 5.75 Å². The van der Waals surface area contributed by atoms with E-state index in [1.165, 1.54) is 19.2 Å². The number of halogens is 1. The third-order valence-electron chi connectivity index (χ3n) is 3.86. The SMILES string of the molecule is COc1cc(C(=O)OCC(=O)Nc2ccc(Br)cc2C)cc2c1OCCO2. The summed E-state index contributed by atoms with van der Waals surface area (Å²) in [6, 6.07) is 8.47. The Hall–Kier alpha value is -2.74. The maximum Gasteiger partial charge on any atom is 0.338 e.